The second kappa shape index (κ2) is 12.5. The zero-order chi connectivity index (χ0) is 28.8. The number of sulfonamides is 1. The number of anilines is 1. The van der Waals surface area contributed by atoms with E-state index < -0.39 is 34.1 Å². The Hall–Kier alpha value is -3.65. The number of para-hydroxylation sites is 1. The van der Waals surface area contributed by atoms with Crippen molar-refractivity contribution < 1.29 is 18.0 Å². The third-order valence-corrected chi connectivity index (χ3v) is 8.20. The van der Waals surface area contributed by atoms with E-state index in [2.05, 4.69) is 5.32 Å². The monoisotopic (exact) mass is 549 g/mol. The lowest BCUT2D eigenvalue weighted by Gasteiger charge is -2.33. The van der Waals surface area contributed by atoms with Gasteiger partial charge in [0.05, 0.1) is 10.6 Å². The van der Waals surface area contributed by atoms with Crippen molar-refractivity contribution in [1.82, 2.24) is 10.2 Å². The number of nitrogens with one attached hydrogen (secondary N) is 1. The van der Waals surface area contributed by atoms with Gasteiger partial charge in [-0.05, 0) is 77.3 Å². The molecule has 0 aliphatic heterocycles. The highest BCUT2D eigenvalue weighted by Gasteiger charge is 2.33. The number of nitrogens with zero attached hydrogens (tertiary/aromatic N) is 2. The van der Waals surface area contributed by atoms with Gasteiger partial charge in [0.15, 0.2) is 0 Å². The van der Waals surface area contributed by atoms with Crippen LogP contribution in [0, 0.1) is 13.8 Å². The first-order valence-electron chi connectivity index (χ1n) is 13.1. The molecule has 1 atom stereocenters. The molecule has 1 unspecified atom stereocenters. The van der Waals surface area contributed by atoms with Gasteiger partial charge in [-0.3, -0.25) is 13.9 Å². The van der Waals surface area contributed by atoms with Crippen LogP contribution in [0.1, 0.15) is 44.4 Å². The molecule has 0 heterocycles. The highest BCUT2D eigenvalue weighted by Crippen LogP contribution is 2.27. The summed E-state index contributed by atoms with van der Waals surface area (Å²) in [6.07, 6.45) is 0.523. The van der Waals surface area contributed by atoms with Gasteiger partial charge in [-0.1, -0.05) is 66.2 Å². The topological polar surface area (TPSA) is 86.8 Å². The fourth-order valence-corrected chi connectivity index (χ4v) is 5.72. The quantitative estimate of drug-likeness (QED) is 0.391. The standard InChI is InChI=1S/C31H39N3O4S/c1-23-16-18-27(19-17-23)39(37,38)34(28-15-11-10-12-24(28)2)22-29(35)33(21-20-26-13-8-7-9-14-26)25(3)30(36)32-31(4,5)6/h7-19,25H,20-22H2,1-6H3,(H,32,36). The number of carbonyl (C=O) groups is 2. The van der Waals surface area contributed by atoms with E-state index in [4.69, 9.17) is 0 Å². The Balaban J connectivity index is 1.99. The van der Waals surface area contributed by atoms with Crippen molar-refractivity contribution in [2.45, 2.75) is 64.4 Å². The normalized spacial score (nSPS) is 12.5. The molecule has 0 aliphatic carbocycles. The average Bonchev–Trinajstić information content (AvgIpc) is 2.87. The predicted octanol–water partition coefficient (Wildman–Crippen LogP) is 4.87. The molecule has 3 rings (SSSR count). The Morgan fingerprint density at radius 2 is 1.46 bits per heavy atom. The molecule has 39 heavy (non-hydrogen) atoms. The van der Waals surface area contributed by atoms with E-state index >= 15 is 0 Å². The third kappa shape index (κ3) is 7.93. The van der Waals surface area contributed by atoms with Crippen LogP contribution in [-0.4, -0.2) is 49.8 Å². The Kier molecular flexibility index (Phi) is 9.56. The van der Waals surface area contributed by atoms with E-state index in [1.165, 1.54) is 4.90 Å². The minimum Gasteiger partial charge on any atom is -0.350 e. The molecular weight excluding hydrogens is 510 g/mol. The van der Waals surface area contributed by atoms with Crippen LogP contribution in [0.15, 0.2) is 83.8 Å². The zero-order valence-corrected chi connectivity index (χ0v) is 24.5. The highest BCUT2D eigenvalue weighted by atomic mass is 32.2. The zero-order valence-electron chi connectivity index (χ0n) is 23.6. The number of hydrogen-bond donors (Lipinski definition) is 1. The van der Waals surface area contributed by atoms with Crippen LogP contribution < -0.4 is 9.62 Å². The number of rotatable bonds is 10. The molecule has 3 aromatic carbocycles. The maximum atomic E-state index is 13.9. The van der Waals surface area contributed by atoms with Crippen molar-refractivity contribution >= 4 is 27.5 Å². The van der Waals surface area contributed by atoms with Crippen molar-refractivity contribution in [3.05, 3.63) is 95.6 Å². The summed E-state index contributed by atoms with van der Waals surface area (Å²) in [5.74, 6) is -0.755. The summed E-state index contributed by atoms with van der Waals surface area (Å²) < 4.78 is 29.0. The summed E-state index contributed by atoms with van der Waals surface area (Å²) in [6, 6.07) is 22.5. The van der Waals surface area contributed by atoms with Crippen LogP contribution in [0.25, 0.3) is 0 Å². The molecule has 0 bridgehead atoms. The molecule has 0 saturated carbocycles. The van der Waals surface area contributed by atoms with Crippen LogP contribution in [0.5, 0.6) is 0 Å². The molecule has 208 valence electrons. The number of hydrogen-bond acceptors (Lipinski definition) is 4. The lowest BCUT2D eigenvalue weighted by Crippen LogP contribution is -2.55. The first-order valence-corrected chi connectivity index (χ1v) is 14.5. The largest absolute Gasteiger partial charge is 0.350 e. The second-order valence-electron chi connectivity index (χ2n) is 10.8. The fourth-order valence-electron chi connectivity index (χ4n) is 4.24. The summed E-state index contributed by atoms with van der Waals surface area (Å²) >= 11 is 0. The molecular formula is C31H39N3O4S. The lowest BCUT2D eigenvalue weighted by atomic mass is 10.1. The van der Waals surface area contributed by atoms with Crippen molar-refractivity contribution in [2.75, 3.05) is 17.4 Å². The third-order valence-electron chi connectivity index (χ3n) is 6.42. The van der Waals surface area contributed by atoms with Gasteiger partial charge in [0.1, 0.15) is 12.6 Å². The molecule has 7 nitrogen and oxygen atoms in total. The molecule has 3 aromatic rings. The van der Waals surface area contributed by atoms with E-state index in [1.807, 2.05) is 77.1 Å². The van der Waals surface area contributed by atoms with Crippen molar-refractivity contribution in [2.24, 2.45) is 0 Å². The van der Waals surface area contributed by atoms with Gasteiger partial charge in [-0.2, -0.15) is 0 Å². The van der Waals surface area contributed by atoms with E-state index in [1.54, 1.807) is 43.3 Å². The van der Waals surface area contributed by atoms with Gasteiger partial charge in [0.25, 0.3) is 10.0 Å². The summed E-state index contributed by atoms with van der Waals surface area (Å²) in [6.45, 7) is 10.8. The predicted molar refractivity (Wildman–Crippen MR) is 156 cm³/mol. The molecule has 0 saturated heterocycles. The van der Waals surface area contributed by atoms with Crippen LogP contribution in [0.4, 0.5) is 5.69 Å². The van der Waals surface area contributed by atoms with Gasteiger partial charge in [-0.25, -0.2) is 8.42 Å². The first-order chi connectivity index (χ1) is 18.3. The maximum absolute atomic E-state index is 13.9. The van der Waals surface area contributed by atoms with Crippen molar-refractivity contribution in [3.8, 4) is 0 Å². The Morgan fingerprint density at radius 3 is 2.05 bits per heavy atom. The summed E-state index contributed by atoms with van der Waals surface area (Å²) in [5.41, 5.74) is 2.60. The average molecular weight is 550 g/mol. The lowest BCUT2D eigenvalue weighted by molar-refractivity contribution is -0.139. The van der Waals surface area contributed by atoms with E-state index in [0.29, 0.717) is 12.1 Å². The van der Waals surface area contributed by atoms with E-state index in [-0.39, 0.29) is 17.3 Å². The maximum Gasteiger partial charge on any atom is 0.264 e. The van der Waals surface area contributed by atoms with Crippen molar-refractivity contribution in [3.63, 3.8) is 0 Å². The molecule has 0 radical (unpaired) electrons. The van der Waals surface area contributed by atoms with Crippen molar-refractivity contribution in [1.29, 1.82) is 0 Å². The number of carbonyl (C=O) groups excluding carboxylic acids is 2. The Labute approximate surface area is 232 Å². The number of amides is 2. The van der Waals surface area contributed by atoms with Crippen LogP contribution in [-0.2, 0) is 26.0 Å². The van der Waals surface area contributed by atoms with Gasteiger partial charge in [0.2, 0.25) is 11.8 Å². The fraction of sp³-hybridized carbons (Fsp3) is 0.355. The SMILES string of the molecule is Cc1ccc(S(=O)(=O)N(CC(=O)N(CCc2ccccc2)C(C)C(=O)NC(C)(C)C)c2ccccc2C)cc1. The molecule has 0 aromatic heterocycles. The Bertz CT molecular complexity index is 1380. The second-order valence-corrected chi connectivity index (χ2v) is 12.7. The van der Waals surface area contributed by atoms with E-state index in [9.17, 15) is 18.0 Å². The minimum atomic E-state index is -4.08. The molecule has 2 amide bonds. The Morgan fingerprint density at radius 1 is 0.872 bits per heavy atom. The van der Waals surface area contributed by atoms with E-state index in [0.717, 1.165) is 21.0 Å². The highest BCUT2D eigenvalue weighted by molar-refractivity contribution is 7.92. The van der Waals surface area contributed by atoms with Gasteiger partial charge in [0, 0.05) is 12.1 Å². The number of benzene rings is 3. The van der Waals surface area contributed by atoms with Crippen LogP contribution in [0.3, 0.4) is 0 Å². The molecule has 0 aliphatic rings. The van der Waals surface area contributed by atoms with Gasteiger partial charge in [-0.15, -0.1) is 0 Å². The van der Waals surface area contributed by atoms with Crippen LogP contribution in [0.2, 0.25) is 0 Å². The molecule has 0 fully saturated rings. The first kappa shape index (κ1) is 29.9. The summed E-state index contributed by atoms with van der Waals surface area (Å²) in [4.78, 5) is 28.7. The smallest absolute Gasteiger partial charge is 0.264 e. The summed E-state index contributed by atoms with van der Waals surface area (Å²) in [7, 11) is -4.08. The van der Waals surface area contributed by atoms with Gasteiger partial charge < -0.3 is 10.2 Å². The van der Waals surface area contributed by atoms with Crippen LogP contribution >= 0.6 is 0 Å². The molecule has 0 spiro atoms. The molecule has 1 N–H and O–H groups in total. The summed E-state index contributed by atoms with van der Waals surface area (Å²) in [5, 5.41) is 2.94. The number of aryl methyl sites for hydroxylation is 2. The van der Waals surface area contributed by atoms with Gasteiger partial charge >= 0.3 is 0 Å². The molecule has 8 heteroatoms. The minimum absolute atomic E-state index is 0.0958.